The molecule has 0 amide bonds. The van der Waals surface area contributed by atoms with Crippen LogP contribution in [0.2, 0.25) is 0 Å². The number of nitrogens with zero attached hydrogens (tertiary/aromatic N) is 2. The van der Waals surface area contributed by atoms with Crippen LogP contribution in [0.3, 0.4) is 0 Å². The van der Waals surface area contributed by atoms with E-state index in [1.165, 1.54) is 60.8 Å². The maximum Gasteiger partial charge on any atom is 0.143 e. The maximum atomic E-state index is 6.54. The van der Waals surface area contributed by atoms with Crippen LogP contribution < -0.4 is 4.90 Å². The van der Waals surface area contributed by atoms with Crippen LogP contribution in [0.4, 0.5) is 17.1 Å². The van der Waals surface area contributed by atoms with Gasteiger partial charge < -0.3 is 13.9 Å². The Morgan fingerprint density at radius 2 is 0.855 bits per heavy atom. The van der Waals surface area contributed by atoms with Crippen molar-refractivity contribution in [3.8, 4) is 50.2 Å². The summed E-state index contributed by atoms with van der Waals surface area (Å²) in [6.45, 7) is 0. The lowest BCUT2D eigenvalue weighted by Gasteiger charge is -2.34. The van der Waals surface area contributed by atoms with E-state index in [9.17, 15) is 0 Å². The van der Waals surface area contributed by atoms with Gasteiger partial charge in [-0.1, -0.05) is 218 Å². The van der Waals surface area contributed by atoms with Crippen molar-refractivity contribution in [1.29, 1.82) is 0 Å². The minimum absolute atomic E-state index is 0.521. The fourth-order valence-electron chi connectivity index (χ4n) is 12.5. The van der Waals surface area contributed by atoms with Crippen LogP contribution in [0, 0.1) is 0 Å². The van der Waals surface area contributed by atoms with Gasteiger partial charge in [0, 0.05) is 49.7 Å². The van der Waals surface area contributed by atoms with Crippen molar-refractivity contribution in [2.45, 2.75) is 5.41 Å². The lowest BCUT2D eigenvalue weighted by molar-refractivity contribution is 0.670. The van der Waals surface area contributed by atoms with Gasteiger partial charge in [0.1, 0.15) is 11.2 Å². The van der Waals surface area contributed by atoms with Crippen molar-refractivity contribution < 1.29 is 4.42 Å². The smallest absolute Gasteiger partial charge is 0.143 e. The third-order valence-electron chi connectivity index (χ3n) is 15.9. The first-order chi connectivity index (χ1) is 37.7. The van der Waals surface area contributed by atoms with Gasteiger partial charge in [0.15, 0.2) is 0 Å². The van der Waals surface area contributed by atoms with Gasteiger partial charge in [-0.3, -0.25) is 0 Å². The summed E-state index contributed by atoms with van der Waals surface area (Å²) < 4.78 is 8.92. The summed E-state index contributed by atoms with van der Waals surface area (Å²) >= 11 is 0. The number of fused-ring (bicyclic) bond motifs is 9. The molecule has 3 heteroatoms. The minimum Gasteiger partial charge on any atom is -0.455 e. The number of furan rings is 1. The number of benzene rings is 12. The molecule has 1 aliphatic carbocycles. The van der Waals surface area contributed by atoms with Crippen molar-refractivity contribution in [2.24, 2.45) is 0 Å². The largest absolute Gasteiger partial charge is 0.455 e. The Labute approximate surface area is 441 Å². The predicted molar refractivity (Wildman–Crippen MR) is 316 cm³/mol. The Bertz CT molecular complexity index is 4450. The second kappa shape index (κ2) is 17.6. The number of para-hydroxylation sites is 5. The summed E-state index contributed by atoms with van der Waals surface area (Å²) in [6, 6.07) is 106. The zero-order valence-electron chi connectivity index (χ0n) is 41.5. The second-order valence-corrected chi connectivity index (χ2v) is 19.9. The molecule has 0 saturated carbocycles. The second-order valence-electron chi connectivity index (χ2n) is 19.9. The van der Waals surface area contributed by atoms with Crippen molar-refractivity contribution in [2.75, 3.05) is 4.90 Å². The van der Waals surface area contributed by atoms with Crippen molar-refractivity contribution in [1.82, 2.24) is 4.57 Å². The van der Waals surface area contributed by atoms with Crippen molar-refractivity contribution in [3.63, 3.8) is 0 Å². The summed E-state index contributed by atoms with van der Waals surface area (Å²) in [7, 11) is 0. The summed E-state index contributed by atoms with van der Waals surface area (Å²) in [6.07, 6.45) is 0. The van der Waals surface area contributed by atoms with Gasteiger partial charge in [0.25, 0.3) is 0 Å². The molecule has 0 saturated heterocycles. The molecule has 356 valence electrons. The fraction of sp³-hybridized carbons (Fsp3) is 0.0137. The average molecular weight is 969 g/mol. The first kappa shape index (κ1) is 43.6. The van der Waals surface area contributed by atoms with E-state index in [1.54, 1.807) is 0 Å². The Kier molecular flexibility index (Phi) is 10.1. The van der Waals surface area contributed by atoms with Crippen LogP contribution in [0.25, 0.3) is 93.9 Å². The fourth-order valence-corrected chi connectivity index (χ4v) is 12.5. The molecule has 14 aromatic rings. The highest BCUT2D eigenvalue weighted by molar-refractivity contribution is 6.11. The monoisotopic (exact) mass is 968 g/mol. The third-order valence-corrected chi connectivity index (χ3v) is 15.9. The predicted octanol–water partition coefficient (Wildman–Crippen LogP) is 19.5. The molecule has 0 fully saturated rings. The van der Waals surface area contributed by atoms with E-state index < -0.39 is 5.41 Å². The Morgan fingerprint density at radius 1 is 0.316 bits per heavy atom. The Hall–Kier alpha value is -9.96. The van der Waals surface area contributed by atoms with Crippen LogP contribution in [-0.2, 0) is 5.41 Å². The molecule has 0 spiro atoms. The van der Waals surface area contributed by atoms with E-state index in [0.717, 1.165) is 72.5 Å². The van der Waals surface area contributed by atoms with Gasteiger partial charge >= 0.3 is 0 Å². The van der Waals surface area contributed by atoms with E-state index in [1.807, 2.05) is 6.07 Å². The van der Waals surface area contributed by atoms with Gasteiger partial charge in [-0.15, -0.1) is 0 Å². The lowest BCUT2D eigenvalue weighted by atomic mass is 9.67. The van der Waals surface area contributed by atoms with Gasteiger partial charge in [-0.2, -0.15) is 0 Å². The molecule has 1 aliphatic rings. The number of rotatable bonds is 9. The molecule has 0 N–H and O–H groups in total. The normalized spacial score (nSPS) is 12.6. The lowest BCUT2D eigenvalue weighted by Crippen LogP contribution is -2.28. The number of aromatic nitrogens is 1. The zero-order valence-corrected chi connectivity index (χ0v) is 41.5. The Morgan fingerprint density at radius 3 is 1.61 bits per heavy atom. The summed E-state index contributed by atoms with van der Waals surface area (Å²) in [4.78, 5) is 2.42. The quantitative estimate of drug-likeness (QED) is 0.144. The zero-order chi connectivity index (χ0) is 50.2. The standard InChI is InChI=1S/C73H48N2O/c1-4-19-53(20-5-1)73(54-21-6-2-7-22-54)66-31-14-10-26-60(66)61-45-39-52(48-67(61)73)58-25-11-15-32-68(58)74(57-43-37-50(38-44-57)59-29-18-30-64-63-28-13-17-34-71(63)76-72(59)64)56-41-35-49(36-42-56)51-40-46-70-65(47-51)62-27-12-16-33-69(62)75(70)55-23-8-3-9-24-55/h1-48H. The topological polar surface area (TPSA) is 21.3 Å². The highest BCUT2D eigenvalue weighted by Crippen LogP contribution is 2.57. The van der Waals surface area contributed by atoms with Crippen LogP contribution in [0.15, 0.2) is 296 Å². The molecule has 0 aliphatic heterocycles. The molecule has 3 nitrogen and oxygen atoms in total. The van der Waals surface area contributed by atoms with Crippen LogP contribution in [-0.4, -0.2) is 4.57 Å². The number of anilines is 3. The summed E-state index contributed by atoms with van der Waals surface area (Å²) in [5, 5.41) is 4.72. The first-order valence-corrected chi connectivity index (χ1v) is 26.2. The molecule has 0 atom stereocenters. The average Bonchev–Trinajstić information content (AvgIpc) is 4.15. The van der Waals surface area contributed by atoms with Crippen LogP contribution in [0.5, 0.6) is 0 Å². The third kappa shape index (κ3) is 6.76. The highest BCUT2D eigenvalue weighted by Gasteiger charge is 2.46. The van der Waals surface area contributed by atoms with E-state index in [4.69, 9.17) is 4.42 Å². The van der Waals surface area contributed by atoms with E-state index in [-0.39, 0.29) is 0 Å². The van der Waals surface area contributed by atoms with Crippen molar-refractivity contribution >= 4 is 60.8 Å². The number of hydrogen-bond donors (Lipinski definition) is 0. The molecule has 0 bridgehead atoms. The van der Waals surface area contributed by atoms with Gasteiger partial charge in [-0.05, 0) is 128 Å². The van der Waals surface area contributed by atoms with Gasteiger partial charge in [-0.25, -0.2) is 0 Å². The first-order valence-electron chi connectivity index (χ1n) is 26.2. The molecule has 12 aromatic carbocycles. The minimum atomic E-state index is -0.521. The van der Waals surface area contributed by atoms with Gasteiger partial charge in [0.2, 0.25) is 0 Å². The summed E-state index contributed by atoms with van der Waals surface area (Å²) in [5.41, 5.74) is 22.4. The maximum absolute atomic E-state index is 6.54. The highest BCUT2D eigenvalue weighted by atomic mass is 16.3. The molecule has 2 heterocycles. The molecule has 0 radical (unpaired) electrons. The molecule has 76 heavy (non-hydrogen) atoms. The Balaban J connectivity index is 0.887. The van der Waals surface area contributed by atoms with E-state index in [0.29, 0.717) is 0 Å². The molecular weight excluding hydrogens is 921 g/mol. The SMILES string of the molecule is c1ccc(-n2c3ccccc3c3cc(-c4ccc(N(c5ccc(-c6cccc7c6oc6ccccc67)cc5)c5ccccc5-c5ccc6c(c5)C(c5ccccc5)(c5ccccc5)c5ccccc5-6)cc4)ccc32)cc1. The molecule has 2 aromatic heterocycles. The van der Waals surface area contributed by atoms with Gasteiger partial charge in [0.05, 0.1) is 22.1 Å². The van der Waals surface area contributed by atoms with Crippen LogP contribution >= 0.6 is 0 Å². The van der Waals surface area contributed by atoms with Crippen LogP contribution in [0.1, 0.15) is 22.3 Å². The van der Waals surface area contributed by atoms with E-state index in [2.05, 4.69) is 295 Å². The van der Waals surface area contributed by atoms with Crippen molar-refractivity contribution in [3.05, 3.63) is 313 Å². The molecule has 0 unspecified atom stereocenters. The molecular formula is C73H48N2O. The molecule has 15 rings (SSSR count). The van der Waals surface area contributed by atoms with E-state index >= 15 is 0 Å². The number of hydrogen-bond acceptors (Lipinski definition) is 2. The summed E-state index contributed by atoms with van der Waals surface area (Å²) in [5.74, 6) is 0.